The maximum atomic E-state index is 13.4. The summed E-state index contributed by atoms with van der Waals surface area (Å²) in [6.45, 7) is 6.48. The van der Waals surface area contributed by atoms with E-state index in [1.54, 1.807) is 0 Å². The lowest BCUT2D eigenvalue weighted by Gasteiger charge is -2.59. The molecular weight excluding hydrogens is 475 g/mol. The zero-order valence-corrected chi connectivity index (χ0v) is 21.8. The van der Waals surface area contributed by atoms with E-state index in [4.69, 9.17) is 14.0 Å². The minimum atomic E-state index is -4.54. The first-order chi connectivity index (χ1) is 16.2. The zero-order valence-electron chi connectivity index (χ0n) is 21.0. The normalized spacial score (nSPS) is 40.6. The summed E-state index contributed by atoms with van der Waals surface area (Å²) in [5.74, 6) is -0.559. The van der Waals surface area contributed by atoms with E-state index in [1.807, 2.05) is 0 Å². The van der Waals surface area contributed by atoms with Crippen molar-refractivity contribution in [1.29, 1.82) is 0 Å². The molecule has 10 heteroatoms. The first-order valence-electron chi connectivity index (χ1n) is 12.5. The first-order valence-corrected chi connectivity index (χ1v) is 14.0. The number of phosphoric acid groups is 1. The Balaban J connectivity index is 1.61. The van der Waals surface area contributed by atoms with Gasteiger partial charge in [-0.2, -0.15) is 0 Å². The van der Waals surface area contributed by atoms with Crippen molar-refractivity contribution in [1.82, 2.24) is 0 Å². The van der Waals surface area contributed by atoms with E-state index in [9.17, 15) is 28.7 Å². The molecule has 7 atom stereocenters. The summed E-state index contributed by atoms with van der Waals surface area (Å²) in [4.78, 5) is 55.5. The minimum absolute atomic E-state index is 0.0898. The molecule has 0 aromatic rings. The fourth-order valence-corrected chi connectivity index (χ4v) is 8.69. The van der Waals surface area contributed by atoms with Crippen molar-refractivity contribution in [3.8, 4) is 0 Å². The highest BCUT2D eigenvalue weighted by atomic mass is 31.2. The number of carbonyl (C=O) groups excluding carboxylic acids is 3. The molecule has 3 fully saturated rings. The predicted octanol–water partition coefficient (Wildman–Crippen LogP) is 3.86. The van der Waals surface area contributed by atoms with Gasteiger partial charge in [0.2, 0.25) is 5.78 Å². The number of hydrogen-bond acceptors (Lipinski definition) is 7. The highest BCUT2D eigenvalue weighted by Gasteiger charge is 2.68. The molecule has 2 N–H and O–H groups in total. The van der Waals surface area contributed by atoms with Crippen LogP contribution < -0.4 is 0 Å². The van der Waals surface area contributed by atoms with Crippen LogP contribution in [0.2, 0.25) is 0 Å². The summed E-state index contributed by atoms with van der Waals surface area (Å²) in [6, 6.07) is 0. The van der Waals surface area contributed by atoms with Crippen molar-refractivity contribution in [3.05, 3.63) is 11.6 Å². The highest BCUT2D eigenvalue weighted by Crippen LogP contribution is 2.68. The van der Waals surface area contributed by atoms with Gasteiger partial charge >= 0.3 is 19.8 Å². The Morgan fingerprint density at radius 2 is 1.71 bits per heavy atom. The third kappa shape index (κ3) is 4.54. The lowest BCUT2D eigenvalue weighted by Crippen LogP contribution is -2.59. The average Bonchev–Trinajstić information content (AvgIpc) is 3.04. The summed E-state index contributed by atoms with van der Waals surface area (Å²) in [5.41, 5.74) is -0.737. The molecule has 0 aliphatic heterocycles. The van der Waals surface area contributed by atoms with Gasteiger partial charge in [0.25, 0.3) is 0 Å². The number of allylic oxidation sites excluding steroid dienone is 1. The summed E-state index contributed by atoms with van der Waals surface area (Å²) in [5, 5.41) is 0. The van der Waals surface area contributed by atoms with Crippen molar-refractivity contribution in [2.75, 3.05) is 6.61 Å². The number of carbonyl (C=O) groups is 3. The highest BCUT2D eigenvalue weighted by molar-refractivity contribution is 7.46. The molecule has 4 aliphatic rings. The third-order valence-electron chi connectivity index (χ3n) is 9.64. The molecule has 0 aromatic carbocycles. The summed E-state index contributed by atoms with van der Waals surface area (Å²) < 4.78 is 27.3. The lowest BCUT2D eigenvalue weighted by atomic mass is 9.46. The molecule has 0 saturated heterocycles. The van der Waals surface area contributed by atoms with Gasteiger partial charge in [0.15, 0.2) is 12.2 Å². The second-order valence-electron chi connectivity index (χ2n) is 11.3. The van der Waals surface area contributed by atoms with E-state index >= 15 is 0 Å². The van der Waals surface area contributed by atoms with Crippen LogP contribution in [-0.2, 0) is 32.9 Å². The molecule has 4 aliphatic carbocycles. The van der Waals surface area contributed by atoms with Crippen LogP contribution in [0.5, 0.6) is 0 Å². The van der Waals surface area contributed by atoms with Crippen LogP contribution in [0.3, 0.4) is 0 Å². The number of esters is 2. The molecule has 35 heavy (non-hydrogen) atoms. The number of phosphoric ester groups is 1. The first kappa shape index (κ1) is 26.5. The van der Waals surface area contributed by atoms with Crippen LogP contribution in [0.15, 0.2) is 11.6 Å². The molecule has 0 amide bonds. The largest absolute Gasteiger partial charge is 0.469 e. The van der Waals surface area contributed by atoms with Crippen LogP contribution in [-0.4, -0.2) is 45.8 Å². The second kappa shape index (κ2) is 9.09. The molecular formula is C25H37O9P. The Bertz CT molecular complexity index is 985. The summed E-state index contributed by atoms with van der Waals surface area (Å²) in [7, 11) is -4.54. The zero-order chi connectivity index (χ0) is 25.8. The van der Waals surface area contributed by atoms with Crippen LogP contribution >= 0.6 is 7.82 Å². The molecule has 3 saturated carbocycles. The van der Waals surface area contributed by atoms with Crippen LogP contribution in [0.1, 0.15) is 79.1 Å². The monoisotopic (exact) mass is 512 g/mol. The number of rotatable bonds is 6. The van der Waals surface area contributed by atoms with Gasteiger partial charge < -0.3 is 19.3 Å². The Kier molecular flexibility index (Phi) is 6.89. The Morgan fingerprint density at radius 1 is 1.03 bits per heavy atom. The molecule has 196 valence electrons. The van der Waals surface area contributed by atoms with Gasteiger partial charge in [0.05, 0.1) is 6.10 Å². The van der Waals surface area contributed by atoms with Crippen LogP contribution in [0, 0.1) is 28.6 Å². The molecule has 4 rings (SSSR count). The molecule has 0 radical (unpaired) electrons. The Labute approximate surface area is 206 Å². The van der Waals surface area contributed by atoms with Crippen molar-refractivity contribution >= 4 is 25.5 Å². The van der Waals surface area contributed by atoms with E-state index < -0.39 is 43.5 Å². The maximum absolute atomic E-state index is 13.4. The van der Waals surface area contributed by atoms with Gasteiger partial charge in [-0.15, -0.1) is 0 Å². The lowest BCUT2D eigenvalue weighted by molar-refractivity contribution is -0.190. The predicted molar refractivity (Wildman–Crippen MR) is 125 cm³/mol. The number of fused-ring (bicyclic) bond motifs is 5. The topological polar surface area (TPSA) is 136 Å². The molecule has 7 unspecified atom stereocenters. The van der Waals surface area contributed by atoms with Gasteiger partial charge in [-0.25, -0.2) is 4.57 Å². The van der Waals surface area contributed by atoms with E-state index in [0.717, 1.165) is 25.7 Å². The maximum Gasteiger partial charge on any atom is 0.469 e. The van der Waals surface area contributed by atoms with E-state index in [2.05, 4.69) is 19.9 Å². The number of Topliss-reactive ketones (excluding diaryl/α,β-unsaturated/α-hetero) is 1. The fourth-order valence-electron chi connectivity index (χ4n) is 8.12. The number of hydrogen-bond donors (Lipinski definition) is 2. The van der Waals surface area contributed by atoms with Crippen molar-refractivity contribution in [3.63, 3.8) is 0 Å². The van der Waals surface area contributed by atoms with Gasteiger partial charge in [-0.05, 0) is 74.5 Å². The molecule has 0 aromatic heterocycles. The molecule has 0 bridgehead atoms. The van der Waals surface area contributed by atoms with Crippen molar-refractivity contribution in [2.24, 2.45) is 28.6 Å². The standard InChI is InChI=1S/C25H37O9P/c1-15(26)32-14-22(28)25(33-16(2)27)12-9-21-19-6-5-17-13-18(34-35(29,30)31)7-10-23(17,3)20(19)8-11-24(21,25)4/h5,18-21H,6-14H2,1-4H3,(H2,29,30,31). The third-order valence-corrected chi connectivity index (χ3v) is 10.2. The Hall–Kier alpha value is -1.54. The van der Waals surface area contributed by atoms with Crippen molar-refractivity contribution < 1.29 is 42.7 Å². The average molecular weight is 513 g/mol. The molecule has 0 heterocycles. The Morgan fingerprint density at radius 3 is 2.34 bits per heavy atom. The molecule has 0 spiro atoms. The van der Waals surface area contributed by atoms with Gasteiger partial charge in [0, 0.05) is 19.3 Å². The fraction of sp³-hybridized carbons (Fsp3) is 0.800. The quantitative estimate of drug-likeness (QED) is 0.309. The summed E-state index contributed by atoms with van der Waals surface area (Å²) >= 11 is 0. The van der Waals surface area contributed by atoms with E-state index in [-0.39, 0.29) is 17.1 Å². The van der Waals surface area contributed by atoms with Crippen molar-refractivity contribution in [2.45, 2.75) is 90.8 Å². The molecule has 9 nitrogen and oxygen atoms in total. The van der Waals surface area contributed by atoms with E-state index in [0.29, 0.717) is 37.5 Å². The summed E-state index contributed by atoms with van der Waals surface area (Å²) in [6.07, 6.45) is 7.18. The number of ketones is 1. The SMILES string of the molecule is CC(=O)OCC(=O)C1(OC(C)=O)CCC2C3CC=C4CC(OP(=O)(O)O)CCC4(C)C3CCC21C. The van der Waals surface area contributed by atoms with Crippen LogP contribution in [0.4, 0.5) is 0 Å². The van der Waals surface area contributed by atoms with Gasteiger partial charge in [-0.1, -0.05) is 25.5 Å². The van der Waals surface area contributed by atoms with Gasteiger partial charge in [0.1, 0.15) is 0 Å². The minimum Gasteiger partial charge on any atom is -0.458 e. The van der Waals surface area contributed by atoms with E-state index in [1.165, 1.54) is 19.4 Å². The smallest absolute Gasteiger partial charge is 0.458 e. The number of ether oxygens (including phenoxy) is 2. The van der Waals surface area contributed by atoms with Gasteiger partial charge in [-0.3, -0.25) is 18.9 Å². The second-order valence-corrected chi connectivity index (χ2v) is 12.5. The van der Waals surface area contributed by atoms with Crippen LogP contribution in [0.25, 0.3) is 0 Å².